The molecular weight excluding hydrogens is 326 g/mol. The average molecular weight is 343 g/mol. The second-order valence-corrected chi connectivity index (χ2v) is 7.03. The van der Waals surface area contributed by atoms with Crippen LogP contribution >= 0.6 is 0 Å². The number of nitriles is 1. The highest BCUT2D eigenvalue weighted by molar-refractivity contribution is 7.89. The number of primary sulfonamides is 1. The molecule has 0 unspecified atom stereocenters. The van der Waals surface area contributed by atoms with Gasteiger partial charge in [-0.1, -0.05) is 12.1 Å². The van der Waals surface area contributed by atoms with E-state index < -0.39 is 10.0 Å². The SMILES string of the molecule is N#Cc1ccc(N2CCN(c3ccccc3S(N)(=O)=O)CC2)cn1. The molecule has 2 heterocycles. The van der Waals surface area contributed by atoms with Gasteiger partial charge in [0.2, 0.25) is 10.0 Å². The van der Waals surface area contributed by atoms with Crippen LogP contribution in [-0.2, 0) is 10.0 Å². The molecule has 124 valence electrons. The number of pyridine rings is 1. The van der Waals surface area contributed by atoms with Crippen molar-refractivity contribution in [1.82, 2.24) is 4.98 Å². The number of benzene rings is 1. The Morgan fingerprint density at radius 1 is 1.04 bits per heavy atom. The molecular formula is C16H17N5O2S. The summed E-state index contributed by atoms with van der Waals surface area (Å²) in [5.41, 5.74) is 1.98. The van der Waals surface area contributed by atoms with Crippen LogP contribution in [0.4, 0.5) is 11.4 Å². The topological polar surface area (TPSA) is 103 Å². The Bertz CT molecular complexity index is 866. The highest BCUT2D eigenvalue weighted by Gasteiger charge is 2.22. The van der Waals surface area contributed by atoms with Crippen molar-refractivity contribution in [2.75, 3.05) is 36.0 Å². The molecule has 3 rings (SSSR count). The molecule has 1 saturated heterocycles. The lowest BCUT2D eigenvalue weighted by Gasteiger charge is -2.37. The molecule has 1 aliphatic rings. The zero-order valence-corrected chi connectivity index (χ0v) is 13.8. The lowest BCUT2D eigenvalue weighted by atomic mass is 10.2. The summed E-state index contributed by atoms with van der Waals surface area (Å²) in [6, 6.07) is 12.3. The number of para-hydroxylation sites is 1. The highest BCUT2D eigenvalue weighted by Crippen LogP contribution is 2.26. The van der Waals surface area contributed by atoms with Gasteiger partial charge in [0.1, 0.15) is 16.7 Å². The lowest BCUT2D eigenvalue weighted by Crippen LogP contribution is -2.47. The second-order valence-electron chi connectivity index (χ2n) is 5.50. The van der Waals surface area contributed by atoms with Gasteiger partial charge in [-0.2, -0.15) is 5.26 Å². The predicted octanol–water partition coefficient (Wildman–Crippen LogP) is 0.927. The molecule has 0 atom stereocenters. The van der Waals surface area contributed by atoms with Crippen molar-refractivity contribution < 1.29 is 8.42 Å². The van der Waals surface area contributed by atoms with Crippen LogP contribution in [-0.4, -0.2) is 39.6 Å². The van der Waals surface area contributed by atoms with Crippen molar-refractivity contribution in [2.45, 2.75) is 4.90 Å². The Labute approximate surface area is 141 Å². The van der Waals surface area contributed by atoms with Crippen molar-refractivity contribution in [3.05, 3.63) is 48.3 Å². The molecule has 1 aromatic heterocycles. The molecule has 0 aliphatic carbocycles. The third-order valence-corrected chi connectivity index (χ3v) is 4.98. The van der Waals surface area contributed by atoms with Gasteiger partial charge in [-0.15, -0.1) is 0 Å². The molecule has 0 saturated carbocycles. The van der Waals surface area contributed by atoms with E-state index in [1.807, 2.05) is 17.0 Å². The summed E-state index contributed by atoms with van der Waals surface area (Å²) in [6.07, 6.45) is 1.69. The minimum absolute atomic E-state index is 0.151. The van der Waals surface area contributed by atoms with E-state index in [9.17, 15) is 8.42 Å². The molecule has 0 spiro atoms. The van der Waals surface area contributed by atoms with Crippen LogP contribution in [0.5, 0.6) is 0 Å². The third kappa shape index (κ3) is 3.32. The van der Waals surface area contributed by atoms with Gasteiger partial charge in [0.25, 0.3) is 0 Å². The lowest BCUT2D eigenvalue weighted by molar-refractivity contribution is 0.595. The number of rotatable bonds is 3. The number of sulfonamides is 1. The first-order valence-electron chi connectivity index (χ1n) is 7.47. The van der Waals surface area contributed by atoms with Crippen LogP contribution in [0.1, 0.15) is 5.69 Å². The molecule has 0 amide bonds. The molecule has 1 aromatic carbocycles. The highest BCUT2D eigenvalue weighted by atomic mass is 32.2. The first kappa shape index (κ1) is 16.2. The normalized spacial score (nSPS) is 15.2. The van der Waals surface area contributed by atoms with Crippen LogP contribution in [0.2, 0.25) is 0 Å². The van der Waals surface area contributed by atoms with Crippen LogP contribution in [0.3, 0.4) is 0 Å². The van der Waals surface area contributed by atoms with Crippen molar-refractivity contribution in [1.29, 1.82) is 5.26 Å². The summed E-state index contributed by atoms with van der Waals surface area (Å²) in [5, 5.41) is 14.1. The molecule has 24 heavy (non-hydrogen) atoms. The largest absolute Gasteiger partial charge is 0.367 e. The number of hydrogen-bond donors (Lipinski definition) is 1. The molecule has 2 N–H and O–H groups in total. The zero-order valence-electron chi connectivity index (χ0n) is 13.0. The van der Waals surface area contributed by atoms with Gasteiger partial charge in [-0.25, -0.2) is 18.5 Å². The van der Waals surface area contributed by atoms with E-state index in [2.05, 4.69) is 9.88 Å². The van der Waals surface area contributed by atoms with Crippen LogP contribution in [0.25, 0.3) is 0 Å². The zero-order chi connectivity index (χ0) is 17.2. The maximum absolute atomic E-state index is 11.7. The first-order valence-corrected chi connectivity index (χ1v) is 9.01. The van der Waals surface area contributed by atoms with Gasteiger partial charge in [-0.3, -0.25) is 0 Å². The van der Waals surface area contributed by atoms with Crippen LogP contribution in [0, 0.1) is 11.3 Å². The van der Waals surface area contributed by atoms with E-state index in [1.54, 1.807) is 30.5 Å². The van der Waals surface area contributed by atoms with E-state index in [4.69, 9.17) is 10.4 Å². The van der Waals surface area contributed by atoms with Gasteiger partial charge in [-0.05, 0) is 24.3 Å². The maximum atomic E-state index is 11.7. The van der Waals surface area contributed by atoms with Gasteiger partial charge in [0.05, 0.1) is 17.6 Å². The number of anilines is 2. The van der Waals surface area contributed by atoms with Gasteiger partial charge >= 0.3 is 0 Å². The first-order chi connectivity index (χ1) is 11.5. The summed E-state index contributed by atoms with van der Waals surface area (Å²) in [6.45, 7) is 2.80. The van der Waals surface area contributed by atoms with Gasteiger partial charge < -0.3 is 9.80 Å². The summed E-state index contributed by atoms with van der Waals surface area (Å²) in [4.78, 5) is 8.41. The standard InChI is InChI=1S/C16H17N5O2S/c17-11-13-5-6-14(12-19-13)20-7-9-21(10-8-20)15-3-1-2-4-16(15)24(18,22)23/h1-6,12H,7-10H2,(H2,18,22,23). The van der Waals surface area contributed by atoms with Gasteiger partial charge in [0.15, 0.2) is 0 Å². The van der Waals surface area contributed by atoms with Crippen LogP contribution < -0.4 is 14.9 Å². The van der Waals surface area contributed by atoms with E-state index in [0.29, 0.717) is 24.5 Å². The fourth-order valence-electron chi connectivity index (χ4n) is 2.80. The van der Waals surface area contributed by atoms with Crippen molar-refractivity contribution >= 4 is 21.4 Å². The Kier molecular flexibility index (Phi) is 4.38. The third-order valence-electron chi connectivity index (χ3n) is 4.02. The Balaban J connectivity index is 1.75. The molecule has 0 bridgehead atoms. The molecule has 8 heteroatoms. The number of nitrogens with two attached hydrogens (primary N) is 1. The minimum atomic E-state index is -3.75. The average Bonchev–Trinajstić information content (AvgIpc) is 2.61. The number of nitrogens with zero attached hydrogens (tertiary/aromatic N) is 4. The van der Waals surface area contributed by atoms with Crippen molar-refractivity contribution in [3.63, 3.8) is 0 Å². The van der Waals surface area contributed by atoms with E-state index in [0.717, 1.165) is 18.8 Å². The molecule has 1 fully saturated rings. The van der Waals surface area contributed by atoms with Crippen molar-refractivity contribution in [3.8, 4) is 6.07 Å². The molecule has 7 nitrogen and oxygen atoms in total. The van der Waals surface area contributed by atoms with E-state index in [1.165, 1.54) is 6.07 Å². The quantitative estimate of drug-likeness (QED) is 0.889. The van der Waals surface area contributed by atoms with Crippen LogP contribution in [0.15, 0.2) is 47.5 Å². The maximum Gasteiger partial charge on any atom is 0.240 e. The number of piperazine rings is 1. The second kappa shape index (κ2) is 6.47. The molecule has 0 radical (unpaired) electrons. The smallest absolute Gasteiger partial charge is 0.240 e. The van der Waals surface area contributed by atoms with E-state index in [-0.39, 0.29) is 4.90 Å². The van der Waals surface area contributed by atoms with Crippen molar-refractivity contribution in [2.24, 2.45) is 5.14 Å². The minimum Gasteiger partial charge on any atom is -0.367 e. The Morgan fingerprint density at radius 3 is 2.29 bits per heavy atom. The van der Waals surface area contributed by atoms with Gasteiger partial charge in [0, 0.05) is 26.2 Å². The molecule has 1 aliphatic heterocycles. The fourth-order valence-corrected chi connectivity index (χ4v) is 3.56. The number of aromatic nitrogens is 1. The summed E-state index contributed by atoms with van der Waals surface area (Å²) < 4.78 is 23.5. The summed E-state index contributed by atoms with van der Waals surface area (Å²) in [7, 11) is -3.75. The predicted molar refractivity (Wildman–Crippen MR) is 91.2 cm³/mol. The summed E-state index contributed by atoms with van der Waals surface area (Å²) in [5.74, 6) is 0. The Morgan fingerprint density at radius 2 is 1.71 bits per heavy atom. The fraction of sp³-hybridized carbons (Fsp3) is 0.250. The summed E-state index contributed by atoms with van der Waals surface area (Å²) >= 11 is 0. The number of hydrogen-bond acceptors (Lipinski definition) is 6. The monoisotopic (exact) mass is 343 g/mol. The molecule has 2 aromatic rings. The van der Waals surface area contributed by atoms with E-state index >= 15 is 0 Å². The Hall–Kier alpha value is -2.63.